The summed E-state index contributed by atoms with van der Waals surface area (Å²) in [6, 6.07) is 3.79. The molecule has 0 amide bonds. The molecule has 2 aromatic rings. The smallest absolute Gasteiger partial charge is 0.202 e. The summed E-state index contributed by atoms with van der Waals surface area (Å²) < 4.78 is 18.8. The van der Waals surface area contributed by atoms with E-state index < -0.39 is 11.6 Å². The van der Waals surface area contributed by atoms with Crippen LogP contribution in [0, 0.1) is 5.82 Å². The number of benzene rings is 1. The van der Waals surface area contributed by atoms with Crippen LogP contribution in [0.25, 0.3) is 0 Å². The van der Waals surface area contributed by atoms with Crippen LogP contribution in [0.1, 0.15) is 57.5 Å². The van der Waals surface area contributed by atoms with Gasteiger partial charge in [0.2, 0.25) is 5.78 Å². The van der Waals surface area contributed by atoms with Crippen molar-refractivity contribution in [2.24, 2.45) is 0 Å². The zero-order chi connectivity index (χ0) is 20.1. The molecule has 0 fully saturated rings. The summed E-state index contributed by atoms with van der Waals surface area (Å²) in [6.07, 6.45) is 1.36. The van der Waals surface area contributed by atoms with Crippen molar-refractivity contribution in [1.82, 2.24) is 9.97 Å². The number of ketones is 1. The average Bonchev–Trinajstić information content (AvgIpc) is 2.66. The molecule has 0 bridgehead atoms. The van der Waals surface area contributed by atoms with Gasteiger partial charge in [0.05, 0.1) is 17.7 Å². The first-order valence-corrected chi connectivity index (χ1v) is 9.77. The van der Waals surface area contributed by atoms with Gasteiger partial charge in [0, 0.05) is 6.20 Å². The summed E-state index contributed by atoms with van der Waals surface area (Å²) in [4.78, 5) is 20.7. The topological polar surface area (TPSA) is 78.1 Å². The quantitative estimate of drug-likeness (QED) is 0.431. The van der Waals surface area contributed by atoms with Crippen LogP contribution >= 0.6 is 11.8 Å². The highest BCUT2D eigenvalue weighted by atomic mass is 32.2. The molecule has 1 heterocycles. The Morgan fingerprint density at radius 1 is 1.19 bits per heavy atom. The van der Waals surface area contributed by atoms with Gasteiger partial charge in [-0.1, -0.05) is 46.4 Å². The van der Waals surface area contributed by atoms with Crippen LogP contribution in [0.15, 0.2) is 29.6 Å². The lowest BCUT2D eigenvalue weighted by molar-refractivity contribution is 0.103. The number of aromatic nitrogens is 2. The van der Waals surface area contributed by atoms with Gasteiger partial charge in [-0.2, -0.15) is 0 Å². The molecule has 5 nitrogen and oxygen atoms in total. The summed E-state index contributed by atoms with van der Waals surface area (Å²) in [5, 5.41) is 0.501. The molecule has 0 atom stereocenters. The number of ether oxygens (including phenoxy) is 1. The van der Waals surface area contributed by atoms with E-state index in [1.807, 2.05) is 34.6 Å². The predicted octanol–water partition coefficient (Wildman–Crippen LogP) is 4.99. The van der Waals surface area contributed by atoms with E-state index in [-0.39, 0.29) is 16.9 Å². The van der Waals surface area contributed by atoms with Gasteiger partial charge in [-0.15, -0.1) is 0 Å². The van der Waals surface area contributed by atoms with Crippen molar-refractivity contribution >= 4 is 23.4 Å². The molecule has 0 radical (unpaired) electrons. The minimum absolute atomic E-state index is 0.0719. The first-order chi connectivity index (χ1) is 12.6. The molecule has 26 heavy (non-hydrogen) atoms. The lowest BCUT2D eigenvalue weighted by Crippen LogP contribution is -2.11. The van der Waals surface area contributed by atoms with E-state index in [0.29, 0.717) is 17.5 Å². The normalized spacial score (nSPS) is 9.35. The highest BCUT2D eigenvalue weighted by Crippen LogP contribution is 2.25. The van der Waals surface area contributed by atoms with E-state index in [9.17, 15) is 9.18 Å². The Kier molecular flexibility index (Phi) is 12.0. The standard InChI is InChI=1S/C15H16FN3O2S.2C2H6/c1-3-21-12-6-5-9(16)7-10(12)13(20)11-8-18-15(22-4-2)19-14(11)17;2*1-2/h5-8H,3-4H2,1-2H3,(H2,17,18,19);2*1-2H3. The molecule has 0 unspecified atom stereocenters. The van der Waals surface area contributed by atoms with Crippen LogP contribution in [0.4, 0.5) is 10.2 Å². The van der Waals surface area contributed by atoms with Crippen molar-refractivity contribution in [3.05, 3.63) is 41.3 Å². The van der Waals surface area contributed by atoms with Crippen molar-refractivity contribution in [2.45, 2.75) is 46.7 Å². The molecule has 1 aromatic carbocycles. The maximum atomic E-state index is 13.5. The number of hydrogen-bond donors (Lipinski definition) is 1. The molecular formula is C19H28FN3O2S. The Balaban J connectivity index is 0.00000146. The van der Waals surface area contributed by atoms with E-state index in [1.54, 1.807) is 6.92 Å². The molecule has 7 heteroatoms. The first kappa shape index (κ1) is 23.9. The summed E-state index contributed by atoms with van der Waals surface area (Å²) in [6.45, 7) is 12.1. The maximum Gasteiger partial charge on any atom is 0.202 e. The van der Waals surface area contributed by atoms with E-state index in [2.05, 4.69) is 9.97 Å². The molecule has 0 aliphatic rings. The highest BCUT2D eigenvalue weighted by molar-refractivity contribution is 7.99. The van der Waals surface area contributed by atoms with Crippen molar-refractivity contribution in [1.29, 1.82) is 0 Å². The number of nitrogen functional groups attached to an aromatic ring is 1. The molecule has 0 saturated heterocycles. The second-order valence-corrected chi connectivity index (χ2v) is 5.52. The molecule has 2 rings (SSSR count). The lowest BCUT2D eigenvalue weighted by Gasteiger charge is -2.10. The van der Waals surface area contributed by atoms with Crippen molar-refractivity contribution in [2.75, 3.05) is 18.1 Å². The fourth-order valence-electron chi connectivity index (χ4n) is 1.86. The SMILES string of the molecule is CC.CC.CCOc1ccc(F)cc1C(=O)c1cnc(SCC)nc1N. The summed E-state index contributed by atoms with van der Waals surface area (Å²) in [7, 11) is 0. The Morgan fingerprint density at radius 3 is 2.38 bits per heavy atom. The summed E-state index contributed by atoms with van der Waals surface area (Å²) in [5.74, 6) is 0.186. The second kappa shape index (κ2) is 13.1. The number of nitrogens with two attached hydrogens (primary N) is 1. The Labute approximate surface area is 159 Å². The van der Waals surface area contributed by atoms with Gasteiger partial charge in [-0.3, -0.25) is 4.79 Å². The van der Waals surface area contributed by atoms with Crippen molar-refractivity contribution in [3.63, 3.8) is 0 Å². The van der Waals surface area contributed by atoms with Crippen LogP contribution in [0.5, 0.6) is 5.75 Å². The number of halogens is 1. The summed E-state index contributed by atoms with van der Waals surface area (Å²) >= 11 is 1.42. The fraction of sp³-hybridized carbons (Fsp3) is 0.421. The minimum Gasteiger partial charge on any atom is -0.493 e. The number of anilines is 1. The largest absolute Gasteiger partial charge is 0.493 e. The zero-order valence-corrected chi connectivity index (χ0v) is 17.1. The second-order valence-electron chi connectivity index (χ2n) is 4.29. The predicted molar refractivity (Wildman–Crippen MR) is 107 cm³/mol. The Hall–Kier alpha value is -2.15. The van der Waals surface area contributed by atoms with Crippen LogP contribution in [0.2, 0.25) is 0 Å². The van der Waals surface area contributed by atoms with E-state index >= 15 is 0 Å². The van der Waals surface area contributed by atoms with Gasteiger partial charge in [-0.25, -0.2) is 14.4 Å². The number of carbonyl (C=O) groups is 1. The van der Waals surface area contributed by atoms with Gasteiger partial charge in [0.1, 0.15) is 17.4 Å². The van der Waals surface area contributed by atoms with Crippen molar-refractivity contribution < 1.29 is 13.9 Å². The van der Waals surface area contributed by atoms with Crippen LogP contribution in [0.3, 0.4) is 0 Å². The molecule has 1 aromatic heterocycles. The molecule has 2 N–H and O–H groups in total. The number of carbonyl (C=O) groups excluding carboxylic acids is 1. The molecule has 0 spiro atoms. The Bertz CT molecular complexity index is 696. The molecular weight excluding hydrogens is 353 g/mol. The minimum atomic E-state index is -0.524. The van der Waals surface area contributed by atoms with E-state index in [1.165, 1.54) is 30.1 Å². The number of hydrogen-bond acceptors (Lipinski definition) is 6. The van der Waals surface area contributed by atoms with Crippen LogP contribution in [-0.4, -0.2) is 28.1 Å². The average molecular weight is 382 g/mol. The first-order valence-electron chi connectivity index (χ1n) is 8.79. The maximum absolute atomic E-state index is 13.5. The lowest BCUT2D eigenvalue weighted by atomic mass is 10.0. The zero-order valence-electron chi connectivity index (χ0n) is 16.3. The van der Waals surface area contributed by atoms with Gasteiger partial charge in [-0.05, 0) is 30.9 Å². The van der Waals surface area contributed by atoms with Gasteiger partial charge < -0.3 is 10.5 Å². The van der Waals surface area contributed by atoms with Gasteiger partial charge in [0.25, 0.3) is 0 Å². The van der Waals surface area contributed by atoms with Crippen LogP contribution < -0.4 is 10.5 Å². The van der Waals surface area contributed by atoms with Crippen molar-refractivity contribution in [3.8, 4) is 5.75 Å². The third-order valence-electron chi connectivity index (χ3n) is 2.80. The van der Waals surface area contributed by atoms with Crippen LogP contribution in [-0.2, 0) is 0 Å². The third-order valence-corrected chi connectivity index (χ3v) is 3.54. The number of thioether (sulfide) groups is 1. The summed E-state index contributed by atoms with van der Waals surface area (Å²) in [5.41, 5.74) is 6.07. The number of nitrogens with zero attached hydrogens (tertiary/aromatic N) is 2. The Morgan fingerprint density at radius 2 is 1.85 bits per heavy atom. The number of rotatable bonds is 6. The molecule has 0 aliphatic carbocycles. The molecule has 144 valence electrons. The van der Waals surface area contributed by atoms with E-state index in [4.69, 9.17) is 10.5 Å². The fourth-order valence-corrected chi connectivity index (χ4v) is 2.41. The molecule has 0 aliphatic heterocycles. The third kappa shape index (κ3) is 6.63. The van der Waals surface area contributed by atoms with E-state index in [0.717, 1.165) is 11.8 Å². The van der Waals surface area contributed by atoms with Gasteiger partial charge in [0.15, 0.2) is 5.16 Å². The monoisotopic (exact) mass is 381 g/mol. The van der Waals surface area contributed by atoms with Gasteiger partial charge >= 0.3 is 0 Å². The molecule has 0 saturated carbocycles. The highest BCUT2D eigenvalue weighted by Gasteiger charge is 2.19.